The highest BCUT2D eigenvalue weighted by Gasteiger charge is 1.98. The van der Waals surface area contributed by atoms with Gasteiger partial charge in [0.25, 0.3) is 0 Å². The molecule has 0 aliphatic carbocycles. The lowest BCUT2D eigenvalue weighted by atomic mass is 10.2. The van der Waals surface area contributed by atoms with Crippen molar-refractivity contribution in [3.8, 4) is 0 Å². The van der Waals surface area contributed by atoms with E-state index in [4.69, 9.17) is 0 Å². The van der Waals surface area contributed by atoms with Crippen molar-refractivity contribution in [1.82, 2.24) is 9.97 Å². The van der Waals surface area contributed by atoms with Crippen LogP contribution in [0.15, 0.2) is 30.7 Å². The van der Waals surface area contributed by atoms with E-state index in [2.05, 4.69) is 9.97 Å². The third-order valence-corrected chi connectivity index (χ3v) is 1.49. The number of fused-ring (bicyclic) bond motifs is 1. The second-order valence-corrected chi connectivity index (χ2v) is 2.20. The first-order valence-corrected chi connectivity index (χ1v) is 3.22. The number of hydrogen-bond donors (Lipinski definition) is 0. The first-order chi connectivity index (χ1) is 5.38. The predicted molar refractivity (Wildman–Crippen MR) is 39.5 cm³/mol. The summed E-state index contributed by atoms with van der Waals surface area (Å²) in [4.78, 5) is 7.57. The summed E-state index contributed by atoms with van der Waals surface area (Å²) in [6.07, 6.45) is 2.93. The largest absolute Gasteiger partial charge is 0.244 e. The first-order valence-electron chi connectivity index (χ1n) is 3.22. The van der Waals surface area contributed by atoms with Gasteiger partial charge in [-0.1, -0.05) is 12.1 Å². The van der Waals surface area contributed by atoms with Crippen molar-refractivity contribution in [2.24, 2.45) is 0 Å². The summed E-state index contributed by atoms with van der Waals surface area (Å²) in [5, 5.41) is 0.729. The Bertz CT molecular complexity index is 381. The summed E-state index contributed by atoms with van der Waals surface area (Å²) in [5.41, 5.74) is 0.377. The normalized spacial score (nSPS) is 10.3. The molecule has 0 spiro atoms. The van der Waals surface area contributed by atoms with E-state index in [1.165, 1.54) is 12.4 Å². The number of halogens is 1. The van der Waals surface area contributed by atoms with Gasteiger partial charge in [-0.15, -0.1) is 0 Å². The fraction of sp³-hybridized carbons (Fsp3) is 0. The summed E-state index contributed by atoms with van der Waals surface area (Å²) in [7, 11) is 0. The molecule has 0 radical (unpaired) electrons. The Morgan fingerprint density at radius 3 is 3.00 bits per heavy atom. The van der Waals surface area contributed by atoms with E-state index in [0.717, 1.165) is 5.39 Å². The molecular formula is C8H5FN2. The van der Waals surface area contributed by atoms with Crippen LogP contribution in [0.2, 0.25) is 0 Å². The molecule has 0 fully saturated rings. The molecule has 0 aliphatic rings. The van der Waals surface area contributed by atoms with Crippen LogP contribution in [-0.4, -0.2) is 9.97 Å². The minimum absolute atomic E-state index is 0.301. The van der Waals surface area contributed by atoms with Crippen LogP contribution in [0, 0.1) is 5.82 Å². The van der Waals surface area contributed by atoms with Crippen LogP contribution < -0.4 is 0 Å². The molecule has 1 aromatic carbocycles. The Balaban J connectivity index is 2.91. The Morgan fingerprint density at radius 2 is 2.18 bits per heavy atom. The monoisotopic (exact) mass is 148 g/mol. The maximum Gasteiger partial charge on any atom is 0.149 e. The fourth-order valence-corrected chi connectivity index (χ4v) is 0.977. The van der Waals surface area contributed by atoms with E-state index in [-0.39, 0.29) is 5.82 Å². The summed E-state index contributed by atoms with van der Waals surface area (Å²) >= 11 is 0. The number of hydrogen-bond acceptors (Lipinski definition) is 2. The molecule has 1 aromatic heterocycles. The van der Waals surface area contributed by atoms with Crippen LogP contribution in [0.4, 0.5) is 4.39 Å². The smallest absolute Gasteiger partial charge is 0.149 e. The summed E-state index contributed by atoms with van der Waals surface area (Å²) in [6, 6.07) is 4.80. The number of rotatable bonds is 0. The lowest BCUT2D eigenvalue weighted by Crippen LogP contribution is -1.83. The molecule has 0 atom stereocenters. The molecule has 0 N–H and O–H groups in total. The van der Waals surface area contributed by atoms with E-state index in [1.807, 2.05) is 0 Å². The van der Waals surface area contributed by atoms with Crippen LogP contribution in [0.1, 0.15) is 0 Å². The third kappa shape index (κ3) is 0.941. The SMILES string of the molecule is Fc1cccc2cncnc12. The second kappa shape index (κ2) is 2.27. The summed E-state index contributed by atoms with van der Waals surface area (Å²) in [6.45, 7) is 0. The molecule has 3 heteroatoms. The number of para-hydroxylation sites is 1. The molecule has 0 unspecified atom stereocenters. The van der Waals surface area contributed by atoms with Crippen LogP contribution in [-0.2, 0) is 0 Å². The van der Waals surface area contributed by atoms with Crippen LogP contribution in [0.3, 0.4) is 0 Å². The first kappa shape index (κ1) is 6.22. The number of aromatic nitrogens is 2. The van der Waals surface area contributed by atoms with E-state index in [0.29, 0.717) is 5.52 Å². The van der Waals surface area contributed by atoms with Crippen molar-refractivity contribution in [3.63, 3.8) is 0 Å². The van der Waals surface area contributed by atoms with Gasteiger partial charge in [0, 0.05) is 11.6 Å². The van der Waals surface area contributed by atoms with Gasteiger partial charge in [0.15, 0.2) is 0 Å². The average Bonchev–Trinajstić information content (AvgIpc) is 2.06. The molecule has 0 saturated heterocycles. The lowest BCUT2D eigenvalue weighted by Gasteiger charge is -1.94. The van der Waals surface area contributed by atoms with Gasteiger partial charge in [-0.2, -0.15) is 0 Å². The molecule has 1 heterocycles. The molecule has 2 aromatic rings. The Kier molecular flexibility index (Phi) is 1.28. The Labute approximate surface area is 62.7 Å². The van der Waals surface area contributed by atoms with Crippen LogP contribution >= 0.6 is 0 Å². The predicted octanol–water partition coefficient (Wildman–Crippen LogP) is 1.77. The van der Waals surface area contributed by atoms with Crippen molar-refractivity contribution < 1.29 is 4.39 Å². The highest BCUT2D eigenvalue weighted by atomic mass is 19.1. The standard InChI is InChI=1S/C8H5FN2/c9-7-3-1-2-6-4-10-5-11-8(6)7/h1-5H. The lowest BCUT2D eigenvalue weighted by molar-refractivity contribution is 0.636. The Hall–Kier alpha value is -1.51. The fourth-order valence-electron chi connectivity index (χ4n) is 0.977. The average molecular weight is 148 g/mol. The Morgan fingerprint density at radius 1 is 1.27 bits per heavy atom. The molecule has 11 heavy (non-hydrogen) atoms. The van der Waals surface area contributed by atoms with Gasteiger partial charge < -0.3 is 0 Å². The molecule has 2 rings (SSSR count). The minimum Gasteiger partial charge on any atom is -0.244 e. The second-order valence-electron chi connectivity index (χ2n) is 2.20. The van der Waals surface area contributed by atoms with E-state index < -0.39 is 0 Å². The maximum absolute atomic E-state index is 12.9. The number of benzene rings is 1. The van der Waals surface area contributed by atoms with Crippen molar-refractivity contribution in [1.29, 1.82) is 0 Å². The van der Waals surface area contributed by atoms with E-state index >= 15 is 0 Å². The van der Waals surface area contributed by atoms with Gasteiger partial charge in [0.2, 0.25) is 0 Å². The number of nitrogens with zero attached hydrogens (tertiary/aromatic N) is 2. The summed E-state index contributed by atoms with van der Waals surface area (Å²) < 4.78 is 12.9. The molecule has 54 valence electrons. The molecule has 0 bridgehead atoms. The molecular weight excluding hydrogens is 143 g/mol. The minimum atomic E-state index is -0.301. The highest BCUT2D eigenvalue weighted by molar-refractivity contribution is 5.77. The van der Waals surface area contributed by atoms with Crippen molar-refractivity contribution in [2.45, 2.75) is 0 Å². The van der Waals surface area contributed by atoms with Crippen molar-refractivity contribution in [2.75, 3.05) is 0 Å². The maximum atomic E-state index is 12.9. The van der Waals surface area contributed by atoms with E-state index in [9.17, 15) is 4.39 Å². The summed E-state index contributed by atoms with van der Waals surface area (Å²) in [5.74, 6) is -0.301. The van der Waals surface area contributed by atoms with Gasteiger partial charge >= 0.3 is 0 Å². The van der Waals surface area contributed by atoms with E-state index in [1.54, 1.807) is 18.3 Å². The quantitative estimate of drug-likeness (QED) is 0.569. The third-order valence-electron chi connectivity index (χ3n) is 1.49. The van der Waals surface area contributed by atoms with Crippen LogP contribution in [0.25, 0.3) is 10.9 Å². The topological polar surface area (TPSA) is 25.8 Å². The molecule has 2 nitrogen and oxygen atoms in total. The molecule has 0 aliphatic heterocycles. The zero-order chi connectivity index (χ0) is 7.68. The van der Waals surface area contributed by atoms with Gasteiger partial charge in [0.1, 0.15) is 17.7 Å². The van der Waals surface area contributed by atoms with Crippen molar-refractivity contribution in [3.05, 3.63) is 36.5 Å². The zero-order valence-corrected chi connectivity index (χ0v) is 5.66. The van der Waals surface area contributed by atoms with Gasteiger partial charge in [-0.3, -0.25) is 0 Å². The zero-order valence-electron chi connectivity index (χ0n) is 5.66. The van der Waals surface area contributed by atoms with Crippen molar-refractivity contribution >= 4 is 10.9 Å². The molecule has 0 amide bonds. The highest BCUT2D eigenvalue weighted by Crippen LogP contribution is 2.11. The van der Waals surface area contributed by atoms with Gasteiger partial charge in [-0.05, 0) is 6.07 Å². The van der Waals surface area contributed by atoms with Gasteiger partial charge in [-0.25, -0.2) is 14.4 Å². The van der Waals surface area contributed by atoms with Crippen LogP contribution in [0.5, 0.6) is 0 Å². The van der Waals surface area contributed by atoms with Gasteiger partial charge in [0.05, 0.1) is 0 Å². The molecule has 0 saturated carbocycles.